The van der Waals surface area contributed by atoms with Crippen LogP contribution in [0.5, 0.6) is 0 Å². The van der Waals surface area contributed by atoms with Crippen LogP contribution in [-0.4, -0.2) is 32.7 Å². The molecule has 2 heterocycles. The Morgan fingerprint density at radius 3 is 2.76 bits per heavy atom. The molecule has 0 atom stereocenters. The van der Waals surface area contributed by atoms with Gasteiger partial charge >= 0.3 is 0 Å². The van der Waals surface area contributed by atoms with E-state index in [0.717, 1.165) is 18.5 Å². The maximum absolute atomic E-state index is 12.9. The van der Waals surface area contributed by atoms with Crippen molar-refractivity contribution in [1.82, 2.24) is 19.9 Å². The van der Waals surface area contributed by atoms with E-state index in [1.807, 2.05) is 31.2 Å². The summed E-state index contributed by atoms with van der Waals surface area (Å²) in [4.78, 5) is 32.9. The minimum absolute atomic E-state index is 0.0428. The molecule has 0 bridgehead atoms. The Morgan fingerprint density at radius 2 is 2.03 bits per heavy atom. The third-order valence-electron chi connectivity index (χ3n) is 4.52. The summed E-state index contributed by atoms with van der Waals surface area (Å²) in [7, 11) is 0. The minimum Gasteiger partial charge on any atom is -0.355 e. The normalized spacial score (nSPS) is 11.3. The quantitative estimate of drug-likeness (QED) is 0.320. The Labute approximate surface area is 175 Å². The second-order valence-electron chi connectivity index (χ2n) is 7.64. The van der Waals surface area contributed by atoms with Crippen LogP contribution in [0.2, 0.25) is 0 Å². The highest BCUT2D eigenvalue weighted by atomic mass is 32.2. The van der Waals surface area contributed by atoms with Crippen LogP contribution >= 0.6 is 11.8 Å². The van der Waals surface area contributed by atoms with E-state index in [9.17, 15) is 9.59 Å². The zero-order valence-electron chi connectivity index (χ0n) is 17.2. The predicted octanol–water partition coefficient (Wildman–Crippen LogP) is 3.53. The van der Waals surface area contributed by atoms with E-state index in [1.54, 1.807) is 4.57 Å². The van der Waals surface area contributed by atoms with Gasteiger partial charge in [-0.2, -0.15) is 0 Å². The van der Waals surface area contributed by atoms with Gasteiger partial charge in [0.05, 0.1) is 11.3 Å². The monoisotopic (exact) mass is 412 g/mol. The summed E-state index contributed by atoms with van der Waals surface area (Å²) >= 11 is 1.32. The molecule has 29 heavy (non-hydrogen) atoms. The smallest absolute Gasteiger partial charge is 0.278 e. The van der Waals surface area contributed by atoms with Crippen molar-refractivity contribution in [2.45, 2.75) is 45.3 Å². The Hall–Kier alpha value is -2.54. The van der Waals surface area contributed by atoms with Gasteiger partial charge in [0.1, 0.15) is 5.52 Å². The molecule has 0 spiro atoms. The first-order valence-electron chi connectivity index (χ1n) is 9.97. The molecule has 0 unspecified atom stereocenters. The highest BCUT2D eigenvalue weighted by Gasteiger charge is 2.15. The number of hydrogen-bond donors (Lipinski definition) is 2. The molecule has 154 valence electrons. The van der Waals surface area contributed by atoms with Gasteiger partial charge in [-0.15, -0.1) is 0 Å². The minimum atomic E-state index is -0.0810. The number of aromatic amines is 1. The molecule has 2 N–H and O–H groups in total. The molecule has 0 saturated heterocycles. The lowest BCUT2D eigenvalue weighted by Crippen LogP contribution is -2.28. The van der Waals surface area contributed by atoms with Crippen molar-refractivity contribution in [3.63, 3.8) is 0 Å². The highest BCUT2D eigenvalue weighted by Crippen LogP contribution is 2.19. The zero-order chi connectivity index (χ0) is 20.8. The SMILES string of the molecule is Cc1cc2nc(SCC(=O)NCCCc3ccccc3)n(CC(C)C)c(=O)c2[nH]1. The second-order valence-corrected chi connectivity index (χ2v) is 8.59. The average Bonchev–Trinajstić information content (AvgIpc) is 3.07. The number of aromatic nitrogens is 3. The van der Waals surface area contributed by atoms with Crippen LogP contribution in [-0.2, 0) is 17.8 Å². The standard InChI is InChI=1S/C22H28N4O2S/c1-15(2)13-26-21(28)20-18(12-16(3)24-20)25-22(26)29-14-19(27)23-11-7-10-17-8-5-4-6-9-17/h4-6,8-9,12,15,24H,7,10-11,13-14H2,1-3H3,(H,23,27). The lowest BCUT2D eigenvalue weighted by atomic mass is 10.1. The number of thioether (sulfide) groups is 1. The van der Waals surface area contributed by atoms with Gasteiger partial charge in [-0.1, -0.05) is 55.9 Å². The molecule has 0 aliphatic carbocycles. The summed E-state index contributed by atoms with van der Waals surface area (Å²) in [5.41, 5.74) is 3.27. The van der Waals surface area contributed by atoms with Gasteiger partial charge in [0.15, 0.2) is 5.16 Å². The van der Waals surface area contributed by atoms with Crippen molar-refractivity contribution >= 4 is 28.7 Å². The number of nitrogens with one attached hydrogen (secondary N) is 2. The number of carbonyl (C=O) groups is 1. The number of hydrogen-bond acceptors (Lipinski definition) is 4. The van der Waals surface area contributed by atoms with E-state index in [1.165, 1.54) is 17.3 Å². The van der Waals surface area contributed by atoms with Crippen molar-refractivity contribution < 1.29 is 4.79 Å². The Bertz CT molecular complexity index is 1020. The molecule has 3 aromatic rings. The molecule has 0 aliphatic rings. The molecule has 1 amide bonds. The fourth-order valence-corrected chi connectivity index (χ4v) is 4.03. The molecule has 0 aliphatic heterocycles. The van der Waals surface area contributed by atoms with Crippen molar-refractivity contribution in [3.8, 4) is 0 Å². The largest absolute Gasteiger partial charge is 0.355 e. The summed E-state index contributed by atoms with van der Waals surface area (Å²) in [5.74, 6) is 0.498. The van der Waals surface area contributed by atoms with Crippen molar-refractivity contribution in [3.05, 3.63) is 58.0 Å². The van der Waals surface area contributed by atoms with E-state index in [2.05, 4.69) is 41.3 Å². The van der Waals surface area contributed by atoms with Gasteiger partial charge in [-0.3, -0.25) is 14.2 Å². The Morgan fingerprint density at radius 1 is 1.28 bits per heavy atom. The van der Waals surface area contributed by atoms with E-state index in [0.29, 0.717) is 35.2 Å². The van der Waals surface area contributed by atoms with Gasteiger partial charge in [-0.25, -0.2) is 4.98 Å². The number of rotatable bonds is 9. The average molecular weight is 413 g/mol. The molecule has 2 aromatic heterocycles. The van der Waals surface area contributed by atoms with Crippen LogP contribution in [0, 0.1) is 12.8 Å². The number of fused-ring (bicyclic) bond motifs is 1. The van der Waals surface area contributed by atoms with Gasteiger partial charge < -0.3 is 10.3 Å². The van der Waals surface area contributed by atoms with E-state index < -0.39 is 0 Å². The summed E-state index contributed by atoms with van der Waals surface area (Å²) in [6.45, 7) is 7.23. The molecule has 7 heteroatoms. The number of H-pyrrole nitrogens is 1. The van der Waals surface area contributed by atoms with Crippen LogP contribution in [0.4, 0.5) is 0 Å². The summed E-state index contributed by atoms with van der Waals surface area (Å²) in [6.07, 6.45) is 1.83. The topological polar surface area (TPSA) is 79.8 Å². The first kappa shape index (κ1) is 21.2. The summed E-state index contributed by atoms with van der Waals surface area (Å²) in [6, 6.07) is 12.1. The van der Waals surface area contributed by atoms with Crippen LogP contribution < -0.4 is 10.9 Å². The van der Waals surface area contributed by atoms with Crippen molar-refractivity contribution in [2.24, 2.45) is 5.92 Å². The predicted molar refractivity (Wildman–Crippen MR) is 118 cm³/mol. The lowest BCUT2D eigenvalue weighted by molar-refractivity contribution is -0.118. The lowest BCUT2D eigenvalue weighted by Gasteiger charge is -2.13. The Kier molecular flexibility index (Phi) is 7.14. The number of benzene rings is 1. The Balaban J connectivity index is 1.60. The molecule has 0 saturated carbocycles. The fourth-order valence-electron chi connectivity index (χ4n) is 3.19. The summed E-state index contributed by atoms with van der Waals surface area (Å²) < 4.78 is 1.68. The van der Waals surface area contributed by atoms with Gasteiger partial charge in [0, 0.05) is 18.8 Å². The highest BCUT2D eigenvalue weighted by molar-refractivity contribution is 7.99. The number of aryl methyl sites for hydroxylation is 2. The maximum atomic E-state index is 12.9. The van der Waals surface area contributed by atoms with Crippen LogP contribution in [0.1, 0.15) is 31.5 Å². The third-order valence-corrected chi connectivity index (χ3v) is 5.50. The van der Waals surface area contributed by atoms with Gasteiger partial charge in [0.2, 0.25) is 5.91 Å². The van der Waals surface area contributed by atoms with E-state index in [-0.39, 0.29) is 17.2 Å². The molecule has 1 aromatic carbocycles. The molecule has 6 nitrogen and oxygen atoms in total. The zero-order valence-corrected chi connectivity index (χ0v) is 18.0. The van der Waals surface area contributed by atoms with Crippen LogP contribution in [0.25, 0.3) is 11.0 Å². The number of amides is 1. The van der Waals surface area contributed by atoms with Crippen LogP contribution in [0.15, 0.2) is 46.3 Å². The van der Waals surface area contributed by atoms with Gasteiger partial charge in [-0.05, 0) is 37.3 Å². The fraction of sp³-hybridized carbons (Fsp3) is 0.409. The molecular formula is C22H28N4O2S. The first-order chi connectivity index (χ1) is 13.9. The maximum Gasteiger partial charge on any atom is 0.278 e. The first-order valence-corrected chi connectivity index (χ1v) is 11.0. The second kappa shape index (κ2) is 9.78. The van der Waals surface area contributed by atoms with Crippen molar-refractivity contribution in [2.75, 3.05) is 12.3 Å². The third kappa shape index (κ3) is 5.73. The summed E-state index contributed by atoms with van der Waals surface area (Å²) in [5, 5.41) is 3.55. The van der Waals surface area contributed by atoms with Crippen molar-refractivity contribution in [1.29, 1.82) is 0 Å². The van der Waals surface area contributed by atoms with E-state index in [4.69, 9.17) is 0 Å². The number of carbonyl (C=O) groups excluding carboxylic acids is 1. The van der Waals surface area contributed by atoms with Crippen LogP contribution in [0.3, 0.4) is 0 Å². The molecule has 0 fully saturated rings. The van der Waals surface area contributed by atoms with E-state index >= 15 is 0 Å². The number of nitrogens with zero attached hydrogens (tertiary/aromatic N) is 2. The molecule has 0 radical (unpaired) electrons. The van der Waals surface area contributed by atoms with Gasteiger partial charge in [0.25, 0.3) is 5.56 Å². The molecule has 3 rings (SSSR count). The molecular weight excluding hydrogens is 384 g/mol.